The molecule has 0 aliphatic carbocycles. The summed E-state index contributed by atoms with van der Waals surface area (Å²) >= 11 is 12.2. The van der Waals surface area contributed by atoms with E-state index in [4.69, 9.17) is 23.2 Å². The van der Waals surface area contributed by atoms with E-state index in [0.717, 1.165) is 25.9 Å². The van der Waals surface area contributed by atoms with Crippen molar-refractivity contribution >= 4 is 40.5 Å². The number of rotatable bonds is 3. The van der Waals surface area contributed by atoms with Gasteiger partial charge in [-0.15, -0.1) is 0 Å². The largest absolute Gasteiger partial charge is 0.353 e. The highest BCUT2D eigenvalue weighted by Gasteiger charge is 2.21. The van der Waals surface area contributed by atoms with Gasteiger partial charge in [-0.05, 0) is 43.0 Å². The van der Waals surface area contributed by atoms with Crippen LogP contribution in [-0.4, -0.2) is 28.9 Å². The number of anilines is 2. The number of amides is 1. The smallest absolute Gasteiger partial charge is 0.255 e. The van der Waals surface area contributed by atoms with Crippen molar-refractivity contribution in [2.45, 2.75) is 19.8 Å². The van der Waals surface area contributed by atoms with Gasteiger partial charge in [0.2, 0.25) is 0 Å². The Labute approximate surface area is 151 Å². The summed E-state index contributed by atoms with van der Waals surface area (Å²) in [6.45, 7) is 3.83. The van der Waals surface area contributed by atoms with Crippen LogP contribution in [0.25, 0.3) is 0 Å². The molecule has 1 aromatic carbocycles. The van der Waals surface area contributed by atoms with Gasteiger partial charge in [0.1, 0.15) is 0 Å². The van der Waals surface area contributed by atoms with E-state index in [1.807, 2.05) is 4.90 Å². The summed E-state index contributed by atoms with van der Waals surface area (Å²) in [5.74, 6) is 0.709. The number of likely N-dealkylation sites (tertiary alicyclic amines) is 1. The number of nitrogens with one attached hydrogen (secondary N) is 1. The lowest BCUT2D eigenvalue weighted by atomic mass is 9.99. The summed E-state index contributed by atoms with van der Waals surface area (Å²) < 4.78 is 0. The van der Waals surface area contributed by atoms with Crippen molar-refractivity contribution in [3.8, 4) is 0 Å². The zero-order valence-electron chi connectivity index (χ0n) is 13.4. The highest BCUT2D eigenvalue weighted by molar-refractivity contribution is 6.35. The molecule has 1 saturated heterocycles. The number of carbonyl (C=O) groups excluding carboxylic acids is 1. The maximum Gasteiger partial charge on any atom is 0.255 e. The van der Waals surface area contributed by atoms with Gasteiger partial charge in [0.05, 0.1) is 28.2 Å². The van der Waals surface area contributed by atoms with Crippen LogP contribution in [0.15, 0.2) is 36.7 Å². The number of carbonyl (C=O) groups is 1. The van der Waals surface area contributed by atoms with Gasteiger partial charge < -0.3 is 10.2 Å². The average molecular weight is 364 g/mol. The Morgan fingerprint density at radius 1 is 1.21 bits per heavy atom. The molecule has 2 aromatic rings. The highest BCUT2D eigenvalue weighted by Crippen LogP contribution is 2.28. The van der Waals surface area contributed by atoms with Crippen molar-refractivity contribution in [1.29, 1.82) is 0 Å². The fourth-order valence-electron chi connectivity index (χ4n) is 2.77. The molecule has 4 nitrogen and oxygen atoms in total. The van der Waals surface area contributed by atoms with E-state index >= 15 is 0 Å². The van der Waals surface area contributed by atoms with E-state index in [1.54, 1.807) is 36.7 Å². The third-order valence-electron chi connectivity index (χ3n) is 4.26. The number of halogens is 2. The zero-order chi connectivity index (χ0) is 17.1. The number of aromatic nitrogens is 1. The minimum Gasteiger partial charge on any atom is -0.353 e. The molecule has 1 amide bonds. The van der Waals surface area contributed by atoms with E-state index in [1.165, 1.54) is 0 Å². The number of hydrogen-bond acceptors (Lipinski definition) is 3. The van der Waals surface area contributed by atoms with Gasteiger partial charge in [0.15, 0.2) is 0 Å². The number of hydrogen-bond donors (Lipinski definition) is 1. The highest BCUT2D eigenvalue weighted by atomic mass is 35.5. The Balaban J connectivity index is 1.76. The van der Waals surface area contributed by atoms with Crippen LogP contribution in [0.3, 0.4) is 0 Å². The second-order valence-electron chi connectivity index (χ2n) is 6.19. The second kappa shape index (κ2) is 7.41. The van der Waals surface area contributed by atoms with Crippen LogP contribution in [-0.2, 0) is 0 Å². The number of benzene rings is 1. The Hall–Kier alpha value is -1.78. The van der Waals surface area contributed by atoms with Crippen LogP contribution >= 0.6 is 23.2 Å². The van der Waals surface area contributed by atoms with Gasteiger partial charge in [-0.25, -0.2) is 0 Å². The van der Waals surface area contributed by atoms with E-state index in [9.17, 15) is 4.79 Å². The number of piperidine rings is 1. The first-order valence-electron chi connectivity index (χ1n) is 7.99. The quantitative estimate of drug-likeness (QED) is 0.833. The van der Waals surface area contributed by atoms with Gasteiger partial charge in [-0.3, -0.25) is 9.78 Å². The molecule has 0 radical (unpaired) electrons. The maximum atomic E-state index is 12.6. The molecule has 24 heavy (non-hydrogen) atoms. The van der Waals surface area contributed by atoms with Crippen LogP contribution in [0.5, 0.6) is 0 Å². The minimum absolute atomic E-state index is 0.0234. The molecule has 2 heterocycles. The topological polar surface area (TPSA) is 45.2 Å². The van der Waals surface area contributed by atoms with Crippen molar-refractivity contribution < 1.29 is 4.79 Å². The number of nitrogens with zero attached hydrogens (tertiary/aromatic N) is 2. The molecule has 6 heteroatoms. The molecule has 0 saturated carbocycles. The molecule has 126 valence electrons. The Morgan fingerprint density at radius 2 is 1.96 bits per heavy atom. The lowest BCUT2D eigenvalue weighted by Crippen LogP contribution is -2.37. The van der Waals surface area contributed by atoms with Gasteiger partial charge in [0.25, 0.3) is 5.91 Å². The Morgan fingerprint density at radius 3 is 2.71 bits per heavy atom. The van der Waals surface area contributed by atoms with Crippen LogP contribution in [0.1, 0.15) is 30.1 Å². The van der Waals surface area contributed by atoms with E-state index < -0.39 is 0 Å². The zero-order valence-corrected chi connectivity index (χ0v) is 14.9. The van der Waals surface area contributed by atoms with Gasteiger partial charge in [-0.1, -0.05) is 30.1 Å². The number of pyridine rings is 1. The first-order chi connectivity index (χ1) is 11.5. The van der Waals surface area contributed by atoms with Crippen LogP contribution in [0.4, 0.5) is 11.4 Å². The summed E-state index contributed by atoms with van der Waals surface area (Å²) in [4.78, 5) is 18.7. The fraction of sp³-hybridized carbons (Fsp3) is 0.333. The lowest BCUT2D eigenvalue weighted by molar-refractivity contribution is 0.0697. The lowest BCUT2D eigenvalue weighted by Gasteiger charge is -2.30. The first kappa shape index (κ1) is 17.1. The summed E-state index contributed by atoms with van der Waals surface area (Å²) in [5, 5.41) is 4.31. The van der Waals surface area contributed by atoms with E-state index in [0.29, 0.717) is 32.9 Å². The van der Waals surface area contributed by atoms with E-state index in [-0.39, 0.29) is 5.91 Å². The summed E-state index contributed by atoms with van der Waals surface area (Å²) in [7, 11) is 0. The molecule has 0 spiro atoms. The molecule has 1 aliphatic rings. The van der Waals surface area contributed by atoms with Crippen LogP contribution in [0, 0.1) is 5.92 Å². The maximum absolute atomic E-state index is 12.6. The van der Waals surface area contributed by atoms with Crippen molar-refractivity contribution in [3.05, 3.63) is 52.3 Å². The molecule has 1 fully saturated rings. The molecule has 0 unspecified atom stereocenters. The Kier molecular flexibility index (Phi) is 5.27. The molecular weight excluding hydrogens is 345 g/mol. The SMILES string of the molecule is CC1CCN(C(=O)c2cncc(Nc3cc(Cl)ccc3Cl)c2)CC1. The van der Waals surface area contributed by atoms with Gasteiger partial charge >= 0.3 is 0 Å². The second-order valence-corrected chi connectivity index (χ2v) is 7.03. The Bertz CT molecular complexity index is 743. The van der Waals surface area contributed by atoms with Crippen molar-refractivity contribution in [1.82, 2.24) is 9.88 Å². The average Bonchev–Trinajstić information content (AvgIpc) is 2.58. The van der Waals surface area contributed by atoms with Gasteiger partial charge in [-0.2, -0.15) is 0 Å². The fourth-order valence-corrected chi connectivity index (χ4v) is 3.11. The summed E-state index contributed by atoms with van der Waals surface area (Å²) in [6.07, 6.45) is 5.36. The predicted octanol–water partition coefficient (Wildman–Crippen LogP) is 5.00. The molecule has 0 atom stereocenters. The molecule has 3 rings (SSSR count). The summed E-state index contributed by atoms with van der Waals surface area (Å²) in [5.41, 5.74) is 1.96. The predicted molar refractivity (Wildman–Crippen MR) is 98.3 cm³/mol. The normalized spacial score (nSPS) is 15.4. The van der Waals surface area contributed by atoms with E-state index in [2.05, 4.69) is 17.2 Å². The third kappa shape index (κ3) is 4.00. The molecule has 0 bridgehead atoms. The van der Waals surface area contributed by atoms with Gasteiger partial charge in [0, 0.05) is 24.3 Å². The molecular formula is C18H19Cl2N3O. The first-order valence-corrected chi connectivity index (χ1v) is 8.75. The minimum atomic E-state index is 0.0234. The monoisotopic (exact) mass is 363 g/mol. The van der Waals surface area contributed by atoms with Crippen molar-refractivity contribution in [3.63, 3.8) is 0 Å². The molecule has 1 aliphatic heterocycles. The van der Waals surface area contributed by atoms with Crippen LogP contribution in [0.2, 0.25) is 10.0 Å². The summed E-state index contributed by atoms with van der Waals surface area (Å²) in [6, 6.07) is 6.99. The van der Waals surface area contributed by atoms with Crippen molar-refractivity contribution in [2.24, 2.45) is 5.92 Å². The molecule has 1 N–H and O–H groups in total. The van der Waals surface area contributed by atoms with Crippen molar-refractivity contribution in [2.75, 3.05) is 18.4 Å². The standard InChI is InChI=1S/C18H19Cl2N3O/c1-12-4-6-23(7-5-12)18(24)13-8-15(11-21-10-13)22-17-9-14(19)2-3-16(17)20/h2-3,8-12,22H,4-7H2,1H3. The van der Waals surface area contributed by atoms with Crippen LogP contribution < -0.4 is 5.32 Å². The molecule has 1 aromatic heterocycles. The third-order valence-corrected chi connectivity index (χ3v) is 4.83.